The van der Waals surface area contributed by atoms with Crippen LogP contribution in [0, 0.1) is 10.8 Å². The second-order valence-electron chi connectivity index (χ2n) is 10.2. The van der Waals surface area contributed by atoms with E-state index in [0.29, 0.717) is 5.75 Å². The number of rotatable bonds is 11. The van der Waals surface area contributed by atoms with Gasteiger partial charge in [0.25, 0.3) is 0 Å². The number of hydrogen-bond acceptors (Lipinski definition) is 2. The summed E-state index contributed by atoms with van der Waals surface area (Å²) in [7, 11) is 2.11. The standard InChI is InChI=1S/C26H35BrF3NO/c1-24(2,18-27)17-25(3,4)19-31(5)16-15-23(20-9-7-6-8-10-20)32-22-13-11-21(12-14-22)26(28,29)30/h6-14,23H,15-19H2,1-5H3. The van der Waals surface area contributed by atoms with E-state index in [1.165, 1.54) is 12.1 Å². The summed E-state index contributed by atoms with van der Waals surface area (Å²) in [6, 6.07) is 14.8. The van der Waals surface area contributed by atoms with Gasteiger partial charge in [-0.1, -0.05) is 74.0 Å². The topological polar surface area (TPSA) is 12.5 Å². The first-order chi connectivity index (χ1) is 14.8. The number of benzene rings is 2. The first kappa shape index (κ1) is 26.7. The van der Waals surface area contributed by atoms with Crippen LogP contribution in [0.1, 0.15) is 57.8 Å². The summed E-state index contributed by atoms with van der Waals surface area (Å²) in [4.78, 5) is 2.32. The van der Waals surface area contributed by atoms with Crippen LogP contribution in [-0.4, -0.2) is 30.4 Å². The Hall–Kier alpha value is -1.53. The lowest BCUT2D eigenvalue weighted by atomic mass is 9.76. The highest BCUT2D eigenvalue weighted by molar-refractivity contribution is 9.09. The van der Waals surface area contributed by atoms with Crippen molar-refractivity contribution in [3.05, 3.63) is 65.7 Å². The molecule has 0 saturated heterocycles. The van der Waals surface area contributed by atoms with Crippen molar-refractivity contribution in [2.45, 2.75) is 52.8 Å². The molecule has 0 saturated carbocycles. The Balaban J connectivity index is 2.05. The van der Waals surface area contributed by atoms with Crippen molar-refractivity contribution in [1.29, 1.82) is 0 Å². The van der Waals surface area contributed by atoms with Gasteiger partial charge in [-0.3, -0.25) is 0 Å². The SMILES string of the molecule is CN(CCC(Oc1ccc(C(F)(F)F)cc1)c1ccccc1)CC(C)(C)CC(C)(C)CBr. The quantitative estimate of drug-likeness (QED) is 0.282. The van der Waals surface area contributed by atoms with Gasteiger partial charge in [0.1, 0.15) is 11.9 Å². The van der Waals surface area contributed by atoms with Crippen LogP contribution in [0.3, 0.4) is 0 Å². The second-order valence-corrected chi connectivity index (χ2v) is 10.8. The Labute approximate surface area is 199 Å². The van der Waals surface area contributed by atoms with Crippen molar-refractivity contribution >= 4 is 15.9 Å². The van der Waals surface area contributed by atoms with Crippen molar-refractivity contribution in [3.8, 4) is 5.75 Å². The minimum absolute atomic E-state index is 0.155. The third kappa shape index (κ3) is 8.78. The van der Waals surface area contributed by atoms with Crippen molar-refractivity contribution in [2.24, 2.45) is 10.8 Å². The highest BCUT2D eigenvalue weighted by atomic mass is 79.9. The van der Waals surface area contributed by atoms with Crippen LogP contribution >= 0.6 is 15.9 Å². The van der Waals surface area contributed by atoms with E-state index < -0.39 is 11.7 Å². The molecule has 32 heavy (non-hydrogen) atoms. The summed E-state index contributed by atoms with van der Waals surface area (Å²) in [5.74, 6) is 0.439. The molecular weight excluding hydrogens is 479 g/mol. The Morgan fingerprint density at radius 2 is 1.50 bits per heavy atom. The van der Waals surface area contributed by atoms with Crippen LogP contribution in [0.2, 0.25) is 0 Å². The van der Waals surface area contributed by atoms with Gasteiger partial charge >= 0.3 is 6.18 Å². The molecule has 2 rings (SSSR count). The van der Waals surface area contributed by atoms with Crippen molar-refractivity contribution in [1.82, 2.24) is 4.90 Å². The summed E-state index contributed by atoms with van der Waals surface area (Å²) >= 11 is 3.62. The maximum atomic E-state index is 12.9. The van der Waals surface area contributed by atoms with Crippen molar-refractivity contribution in [2.75, 3.05) is 25.5 Å². The number of nitrogens with zero attached hydrogens (tertiary/aromatic N) is 1. The zero-order valence-corrected chi connectivity index (χ0v) is 21.3. The zero-order chi connectivity index (χ0) is 24.0. The molecule has 2 aromatic carbocycles. The van der Waals surface area contributed by atoms with Gasteiger partial charge in [-0.25, -0.2) is 0 Å². The third-order valence-electron chi connectivity index (χ3n) is 5.42. The van der Waals surface area contributed by atoms with E-state index in [1.54, 1.807) is 0 Å². The molecule has 0 amide bonds. The van der Waals surface area contributed by atoms with Gasteiger partial charge in [-0.05, 0) is 54.1 Å². The Kier molecular flexibility index (Phi) is 9.24. The number of ether oxygens (including phenoxy) is 1. The number of halogens is 4. The molecule has 1 atom stereocenters. The smallest absolute Gasteiger partial charge is 0.416 e. The normalized spacial score (nSPS) is 13.9. The van der Waals surface area contributed by atoms with Gasteiger partial charge < -0.3 is 9.64 Å². The summed E-state index contributed by atoms with van der Waals surface area (Å²) in [5, 5.41) is 0.962. The maximum Gasteiger partial charge on any atom is 0.416 e. The fourth-order valence-corrected chi connectivity index (χ4v) is 4.59. The summed E-state index contributed by atoms with van der Waals surface area (Å²) < 4.78 is 44.8. The Bertz CT molecular complexity index is 819. The van der Waals surface area contributed by atoms with Crippen LogP contribution in [-0.2, 0) is 6.18 Å². The monoisotopic (exact) mass is 513 g/mol. The first-order valence-electron chi connectivity index (χ1n) is 10.9. The van der Waals surface area contributed by atoms with Crippen molar-refractivity contribution in [3.63, 3.8) is 0 Å². The maximum absolute atomic E-state index is 12.9. The molecule has 0 N–H and O–H groups in total. The summed E-state index contributed by atoms with van der Waals surface area (Å²) in [6.45, 7) is 10.9. The van der Waals surface area contributed by atoms with Gasteiger partial charge in [0.2, 0.25) is 0 Å². The van der Waals surface area contributed by atoms with E-state index in [4.69, 9.17) is 4.74 Å². The molecule has 178 valence electrons. The molecule has 0 bridgehead atoms. The largest absolute Gasteiger partial charge is 0.486 e. The highest BCUT2D eigenvalue weighted by Crippen LogP contribution is 2.36. The van der Waals surface area contributed by atoms with Gasteiger partial charge in [0.15, 0.2) is 0 Å². The molecule has 0 radical (unpaired) electrons. The van der Waals surface area contributed by atoms with E-state index in [0.717, 1.165) is 49.0 Å². The molecule has 2 aromatic rings. The molecule has 2 nitrogen and oxygen atoms in total. The van der Waals surface area contributed by atoms with E-state index in [9.17, 15) is 13.2 Å². The lowest BCUT2D eigenvalue weighted by molar-refractivity contribution is -0.137. The van der Waals surface area contributed by atoms with E-state index >= 15 is 0 Å². The van der Waals surface area contributed by atoms with Gasteiger partial charge in [0, 0.05) is 24.8 Å². The van der Waals surface area contributed by atoms with Crippen LogP contribution in [0.4, 0.5) is 13.2 Å². The third-order valence-corrected chi connectivity index (χ3v) is 6.94. The number of alkyl halides is 4. The molecule has 0 heterocycles. The predicted molar refractivity (Wildman–Crippen MR) is 129 cm³/mol. The van der Waals surface area contributed by atoms with Crippen LogP contribution in [0.5, 0.6) is 5.75 Å². The second kappa shape index (κ2) is 11.1. The Morgan fingerprint density at radius 1 is 0.906 bits per heavy atom. The summed E-state index contributed by atoms with van der Waals surface area (Å²) in [6.07, 6.45) is -2.76. The molecule has 0 aliphatic rings. The van der Waals surface area contributed by atoms with Crippen molar-refractivity contribution < 1.29 is 17.9 Å². The van der Waals surface area contributed by atoms with Crippen LogP contribution in [0.15, 0.2) is 54.6 Å². The molecule has 1 unspecified atom stereocenters. The molecule has 0 spiro atoms. The molecule has 0 aliphatic carbocycles. The lowest BCUT2D eigenvalue weighted by Gasteiger charge is -2.37. The van der Waals surface area contributed by atoms with Gasteiger partial charge in [0.05, 0.1) is 5.56 Å². The average Bonchev–Trinajstić information content (AvgIpc) is 2.70. The number of hydrogen-bond donors (Lipinski definition) is 0. The van der Waals surface area contributed by atoms with Crippen LogP contribution in [0.25, 0.3) is 0 Å². The molecule has 0 aliphatic heterocycles. The van der Waals surface area contributed by atoms with E-state index in [2.05, 4.69) is 55.6 Å². The molecule has 6 heteroatoms. The molecular formula is C26H35BrF3NO. The van der Waals surface area contributed by atoms with E-state index in [1.807, 2.05) is 30.3 Å². The predicted octanol–water partition coefficient (Wildman–Crippen LogP) is 7.98. The fraction of sp³-hybridized carbons (Fsp3) is 0.538. The van der Waals surface area contributed by atoms with Gasteiger partial charge in [-0.15, -0.1) is 0 Å². The van der Waals surface area contributed by atoms with Gasteiger partial charge in [-0.2, -0.15) is 13.2 Å². The van der Waals surface area contributed by atoms with Crippen LogP contribution < -0.4 is 4.74 Å². The average molecular weight is 514 g/mol. The zero-order valence-electron chi connectivity index (χ0n) is 19.7. The molecule has 0 aromatic heterocycles. The first-order valence-corrected chi connectivity index (χ1v) is 12.1. The van der Waals surface area contributed by atoms with E-state index in [-0.39, 0.29) is 16.9 Å². The Morgan fingerprint density at radius 3 is 2.03 bits per heavy atom. The molecule has 0 fully saturated rings. The minimum atomic E-state index is -4.35. The fourth-order valence-electron chi connectivity index (χ4n) is 4.39. The minimum Gasteiger partial charge on any atom is -0.486 e. The summed E-state index contributed by atoms with van der Waals surface area (Å²) in [5.41, 5.74) is 0.723. The highest BCUT2D eigenvalue weighted by Gasteiger charge is 2.31. The lowest BCUT2D eigenvalue weighted by Crippen LogP contribution is -2.36.